The SMILES string of the molecule is C[C@@H](Sc1nc2ccccc2c(=O)n1Cc1ccco1)C(=O)c1ccc2c(c1)NC(=O)CO2. The number of Topliss-reactive ketones (excluding diaryl/α,β-unsaturated/α-hetero) is 1. The van der Waals surface area contributed by atoms with E-state index in [1.54, 1.807) is 61.7 Å². The van der Waals surface area contributed by atoms with Gasteiger partial charge in [-0.25, -0.2) is 4.98 Å². The third kappa shape index (κ3) is 4.14. The number of rotatable bonds is 6. The number of hydrogen-bond acceptors (Lipinski definition) is 7. The van der Waals surface area contributed by atoms with Gasteiger partial charge in [-0.1, -0.05) is 23.9 Å². The Bertz CT molecular complexity index is 1430. The number of thioether (sulfide) groups is 1. The number of anilines is 1. The van der Waals surface area contributed by atoms with E-state index in [-0.39, 0.29) is 30.4 Å². The Morgan fingerprint density at radius 3 is 2.85 bits per heavy atom. The minimum Gasteiger partial charge on any atom is -0.482 e. The lowest BCUT2D eigenvalue weighted by molar-refractivity contribution is -0.118. The van der Waals surface area contributed by atoms with E-state index in [0.717, 1.165) is 0 Å². The summed E-state index contributed by atoms with van der Waals surface area (Å²) >= 11 is 1.20. The molecule has 0 fully saturated rings. The van der Waals surface area contributed by atoms with Crippen LogP contribution in [-0.2, 0) is 11.3 Å². The molecule has 1 aliphatic heterocycles. The first kappa shape index (κ1) is 21.0. The van der Waals surface area contributed by atoms with Gasteiger partial charge in [0.15, 0.2) is 17.5 Å². The standard InChI is InChI=1S/C24H19N3O5S/c1-14(22(29)15-8-9-20-19(11-15)25-21(28)13-32-20)33-24-26-18-7-3-2-6-17(18)23(30)27(24)12-16-5-4-10-31-16/h2-11,14H,12-13H2,1H3,(H,25,28)/t14-/m1/s1. The van der Waals surface area contributed by atoms with Crippen molar-refractivity contribution >= 4 is 40.0 Å². The van der Waals surface area contributed by atoms with E-state index in [0.29, 0.717) is 38.8 Å². The fourth-order valence-electron chi connectivity index (χ4n) is 3.62. The molecule has 33 heavy (non-hydrogen) atoms. The van der Waals surface area contributed by atoms with Gasteiger partial charge in [-0.2, -0.15) is 0 Å². The molecule has 1 amide bonds. The first-order valence-electron chi connectivity index (χ1n) is 10.3. The van der Waals surface area contributed by atoms with Crippen LogP contribution in [0.5, 0.6) is 5.75 Å². The Labute approximate surface area is 192 Å². The molecule has 1 N–H and O–H groups in total. The third-order valence-corrected chi connectivity index (χ3v) is 6.36. The average Bonchev–Trinajstić information content (AvgIpc) is 3.34. The molecule has 0 saturated carbocycles. The second kappa shape index (κ2) is 8.59. The number of ketones is 1. The van der Waals surface area contributed by atoms with Gasteiger partial charge in [0.2, 0.25) is 0 Å². The van der Waals surface area contributed by atoms with E-state index in [2.05, 4.69) is 10.3 Å². The van der Waals surface area contributed by atoms with Crippen LogP contribution in [0.1, 0.15) is 23.0 Å². The van der Waals surface area contributed by atoms with Gasteiger partial charge in [0.05, 0.1) is 34.6 Å². The van der Waals surface area contributed by atoms with Crippen molar-refractivity contribution in [2.24, 2.45) is 0 Å². The molecule has 0 spiro atoms. The van der Waals surface area contributed by atoms with Crippen LogP contribution in [0.3, 0.4) is 0 Å². The number of nitrogens with one attached hydrogen (secondary N) is 1. The van der Waals surface area contributed by atoms with Crippen molar-refractivity contribution in [1.29, 1.82) is 0 Å². The van der Waals surface area contributed by atoms with E-state index in [1.807, 2.05) is 6.07 Å². The van der Waals surface area contributed by atoms with Crippen molar-refractivity contribution in [2.45, 2.75) is 23.9 Å². The van der Waals surface area contributed by atoms with Crippen LogP contribution in [0.15, 0.2) is 75.2 Å². The molecule has 3 heterocycles. The smallest absolute Gasteiger partial charge is 0.262 e. The zero-order valence-corrected chi connectivity index (χ0v) is 18.4. The van der Waals surface area contributed by atoms with Gasteiger partial charge in [-0.05, 0) is 49.4 Å². The number of para-hydroxylation sites is 1. The molecule has 2 aromatic heterocycles. The molecule has 0 aliphatic carbocycles. The molecule has 0 unspecified atom stereocenters. The summed E-state index contributed by atoms with van der Waals surface area (Å²) in [6.45, 7) is 1.92. The van der Waals surface area contributed by atoms with E-state index < -0.39 is 5.25 Å². The summed E-state index contributed by atoms with van der Waals surface area (Å²) < 4.78 is 12.3. The normalized spacial score (nSPS) is 13.8. The summed E-state index contributed by atoms with van der Waals surface area (Å²) in [5, 5.41) is 3.09. The number of furan rings is 1. The molecule has 0 bridgehead atoms. The molecular formula is C24H19N3O5S. The lowest BCUT2D eigenvalue weighted by atomic mass is 10.1. The quantitative estimate of drug-likeness (QED) is 0.265. The van der Waals surface area contributed by atoms with Crippen LogP contribution in [0, 0.1) is 0 Å². The van der Waals surface area contributed by atoms with E-state index in [1.165, 1.54) is 16.3 Å². The molecule has 4 aromatic rings. The summed E-state index contributed by atoms with van der Waals surface area (Å²) in [4.78, 5) is 42.7. The maximum Gasteiger partial charge on any atom is 0.262 e. The highest BCUT2D eigenvalue weighted by molar-refractivity contribution is 8.00. The molecule has 0 radical (unpaired) electrons. The molecule has 2 aromatic carbocycles. The van der Waals surface area contributed by atoms with E-state index in [4.69, 9.17) is 9.15 Å². The maximum absolute atomic E-state index is 13.2. The summed E-state index contributed by atoms with van der Waals surface area (Å²) in [6, 6.07) is 15.6. The van der Waals surface area contributed by atoms with Gasteiger partial charge in [0, 0.05) is 5.56 Å². The molecule has 166 valence electrons. The Balaban J connectivity index is 1.48. The van der Waals surface area contributed by atoms with Crippen molar-refractivity contribution in [3.05, 3.63) is 82.5 Å². The van der Waals surface area contributed by atoms with Crippen LogP contribution in [-0.4, -0.2) is 33.1 Å². The molecule has 9 heteroatoms. The van der Waals surface area contributed by atoms with Crippen molar-refractivity contribution < 1.29 is 18.7 Å². The minimum absolute atomic E-state index is 0.0482. The van der Waals surface area contributed by atoms with Gasteiger partial charge in [-0.15, -0.1) is 0 Å². The Kier molecular flexibility index (Phi) is 5.47. The lowest BCUT2D eigenvalue weighted by Gasteiger charge is -2.19. The number of amides is 1. The second-order valence-electron chi connectivity index (χ2n) is 7.55. The second-order valence-corrected chi connectivity index (χ2v) is 8.86. The lowest BCUT2D eigenvalue weighted by Crippen LogP contribution is -2.26. The van der Waals surface area contributed by atoms with Gasteiger partial charge in [0.1, 0.15) is 11.5 Å². The fraction of sp³-hybridized carbons (Fsp3) is 0.167. The van der Waals surface area contributed by atoms with Crippen LogP contribution in [0.2, 0.25) is 0 Å². The van der Waals surface area contributed by atoms with Crippen molar-refractivity contribution in [3.63, 3.8) is 0 Å². The first-order valence-corrected chi connectivity index (χ1v) is 11.2. The molecule has 1 atom stereocenters. The topological polar surface area (TPSA) is 103 Å². The van der Waals surface area contributed by atoms with Gasteiger partial charge in [0.25, 0.3) is 11.5 Å². The van der Waals surface area contributed by atoms with E-state index >= 15 is 0 Å². The maximum atomic E-state index is 13.2. The average molecular weight is 461 g/mol. The van der Waals surface area contributed by atoms with Crippen LogP contribution < -0.4 is 15.6 Å². The first-order chi connectivity index (χ1) is 16.0. The summed E-state index contributed by atoms with van der Waals surface area (Å²) in [6.07, 6.45) is 1.55. The van der Waals surface area contributed by atoms with Crippen molar-refractivity contribution in [3.8, 4) is 5.75 Å². The third-order valence-electron chi connectivity index (χ3n) is 5.27. The monoisotopic (exact) mass is 461 g/mol. The zero-order valence-electron chi connectivity index (χ0n) is 17.6. The molecule has 1 aliphatic rings. The van der Waals surface area contributed by atoms with Gasteiger partial charge >= 0.3 is 0 Å². The Morgan fingerprint density at radius 1 is 1.18 bits per heavy atom. The number of hydrogen-bond donors (Lipinski definition) is 1. The minimum atomic E-state index is -0.542. The number of benzene rings is 2. The summed E-state index contributed by atoms with van der Waals surface area (Å²) in [5.41, 5.74) is 1.26. The zero-order chi connectivity index (χ0) is 22.9. The number of carbonyl (C=O) groups excluding carboxylic acids is 2. The molecular weight excluding hydrogens is 442 g/mol. The molecule has 5 rings (SSSR count). The predicted octanol–water partition coefficient (Wildman–Crippen LogP) is 3.73. The molecule has 8 nitrogen and oxygen atoms in total. The Morgan fingerprint density at radius 2 is 2.03 bits per heavy atom. The van der Waals surface area contributed by atoms with Crippen LogP contribution in [0.25, 0.3) is 10.9 Å². The highest BCUT2D eigenvalue weighted by atomic mass is 32.2. The van der Waals surface area contributed by atoms with Gasteiger partial charge in [-0.3, -0.25) is 19.0 Å². The number of fused-ring (bicyclic) bond motifs is 2. The highest BCUT2D eigenvalue weighted by Gasteiger charge is 2.23. The molecule has 0 saturated heterocycles. The number of aromatic nitrogens is 2. The van der Waals surface area contributed by atoms with Crippen molar-refractivity contribution in [2.75, 3.05) is 11.9 Å². The van der Waals surface area contributed by atoms with Crippen LogP contribution in [0.4, 0.5) is 5.69 Å². The number of nitrogens with zero attached hydrogens (tertiary/aromatic N) is 2. The van der Waals surface area contributed by atoms with Crippen LogP contribution >= 0.6 is 11.8 Å². The highest BCUT2D eigenvalue weighted by Crippen LogP contribution is 2.31. The van der Waals surface area contributed by atoms with Gasteiger partial charge < -0.3 is 14.5 Å². The predicted molar refractivity (Wildman–Crippen MR) is 124 cm³/mol. The fourth-order valence-corrected chi connectivity index (χ4v) is 4.60. The van der Waals surface area contributed by atoms with Crippen molar-refractivity contribution in [1.82, 2.24) is 9.55 Å². The summed E-state index contributed by atoms with van der Waals surface area (Å²) in [7, 11) is 0. The summed E-state index contributed by atoms with van der Waals surface area (Å²) in [5.74, 6) is 0.710. The number of carbonyl (C=O) groups is 2. The van der Waals surface area contributed by atoms with E-state index in [9.17, 15) is 14.4 Å². The Hall–Kier alpha value is -3.85. The number of ether oxygens (including phenoxy) is 1. The largest absolute Gasteiger partial charge is 0.482 e.